The summed E-state index contributed by atoms with van der Waals surface area (Å²) in [7, 11) is 0. The van der Waals surface area contributed by atoms with Crippen LogP contribution < -0.4 is 16.0 Å². The molecule has 212 valence electrons. The number of ketones is 1. The predicted octanol–water partition coefficient (Wildman–Crippen LogP) is 6.32. The Morgan fingerprint density at radius 3 is 2.69 bits per heavy atom. The Balaban J connectivity index is 1.28. The number of ether oxygens (including phenoxy) is 1. The van der Waals surface area contributed by atoms with Crippen LogP contribution in [0.25, 0.3) is 22.4 Å². The van der Waals surface area contributed by atoms with Crippen molar-refractivity contribution in [3.05, 3.63) is 88.7 Å². The van der Waals surface area contributed by atoms with Crippen molar-refractivity contribution in [1.29, 1.82) is 0 Å². The zero-order valence-electron chi connectivity index (χ0n) is 23.1. The van der Waals surface area contributed by atoms with E-state index in [-0.39, 0.29) is 30.7 Å². The minimum atomic E-state index is -0.411. The highest BCUT2D eigenvalue weighted by Crippen LogP contribution is 2.37. The van der Waals surface area contributed by atoms with Gasteiger partial charge >= 0.3 is 12.0 Å². The van der Waals surface area contributed by atoms with E-state index in [1.165, 1.54) is 0 Å². The number of esters is 1. The Kier molecular flexibility index (Phi) is 7.31. The molecule has 1 aromatic heterocycles. The van der Waals surface area contributed by atoms with Gasteiger partial charge in [0.25, 0.3) is 5.91 Å². The molecule has 0 atom stereocenters. The van der Waals surface area contributed by atoms with Gasteiger partial charge in [-0.3, -0.25) is 14.4 Å². The van der Waals surface area contributed by atoms with Crippen LogP contribution in [0.2, 0.25) is 0 Å². The highest BCUT2D eigenvalue weighted by molar-refractivity contribution is 6.35. The number of Topliss-reactive ketones (excluding diaryl/α,β-unsaturated/α-hetero) is 1. The van der Waals surface area contributed by atoms with Crippen molar-refractivity contribution in [1.82, 2.24) is 4.98 Å². The van der Waals surface area contributed by atoms with Crippen LogP contribution in [0.1, 0.15) is 59.1 Å². The van der Waals surface area contributed by atoms with Gasteiger partial charge in [0.1, 0.15) is 0 Å². The number of H-pyrrole nitrogens is 1. The molecule has 4 aromatic rings. The molecule has 6 rings (SSSR count). The van der Waals surface area contributed by atoms with Crippen LogP contribution in [0.4, 0.5) is 21.9 Å². The fourth-order valence-corrected chi connectivity index (χ4v) is 5.71. The summed E-state index contributed by atoms with van der Waals surface area (Å²) >= 11 is 0. The third-order valence-corrected chi connectivity index (χ3v) is 7.60. The van der Waals surface area contributed by atoms with Crippen molar-refractivity contribution in [2.24, 2.45) is 0 Å². The molecule has 1 aliphatic carbocycles. The number of rotatable bonds is 7. The number of benzene rings is 3. The Morgan fingerprint density at radius 2 is 1.83 bits per heavy atom. The molecule has 9 nitrogen and oxygen atoms in total. The Morgan fingerprint density at radius 1 is 1.00 bits per heavy atom. The summed E-state index contributed by atoms with van der Waals surface area (Å²) in [6.07, 6.45) is 4.10. The summed E-state index contributed by atoms with van der Waals surface area (Å²) in [6.45, 7) is 2.04. The molecule has 0 saturated heterocycles. The second kappa shape index (κ2) is 11.4. The molecule has 42 heavy (non-hydrogen) atoms. The molecule has 0 radical (unpaired) electrons. The van der Waals surface area contributed by atoms with Gasteiger partial charge in [-0.25, -0.2) is 4.79 Å². The maximum absolute atomic E-state index is 13.1. The number of urea groups is 1. The molecule has 0 spiro atoms. The van der Waals surface area contributed by atoms with Crippen molar-refractivity contribution >= 4 is 63.2 Å². The molecule has 0 saturated carbocycles. The highest BCUT2D eigenvalue weighted by atomic mass is 16.5. The van der Waals surface area contributed by atoms with E-state index in [4.69, 9.17) is 4.74 Å². The van der Waals surface area contributed by atoms with Crippen molar-refractivity contribution < 1.29 is 23.9 Å². The maximum atomic E-state index is 13.1. The van der Waals surface area contributed by atoms with Crippen molar-refractivity contribution in [3.63, 3.8) is 0 Å². The number of hydrogen-bond donors (Lipinski definition) is 4. The van der Waals surface area contributed by atoms with Gasteiger partial charge in [-0.05, 0) is 67.5 Å². The van der Waals surface area contributed by atoms with E-state index in [0.29, 0.717) is 52.3 Å². The van der Waals surface area contributed by atoms with E-state index < -0.39 is 6.03 Å². The molecular formula is C33H30N4O5. The van der Waals surface area contributed by atoms with Gasteiger partial charge in [-0.2, -0.15) is 0 Å². The highest BCUT2D eigenvalue weighted by Gasteiger charge is 2.29. The molecule has 2 aliphatic rings. The molecule has 0 fully saturated rings. The largest absolute Gasteiger partial charge is 0.466 e. The quantitative estimate of drug-likeness (QED) is 0.155. The van der Waals surface area contributed by atoms with E-state index in [2.05, 4.69) is 20.9 Å². The first-order chi connectivity index (χ1) is 20.4. The number of aryl methyl sites for hydroxylation is 1. The second-order valence-corrected chi connectivity index (χ2v) is 10.3. The predicted molar refractivity (Wildman–Crippen MR) is 163 cm³/mol. The molecule has 0 bridgehead atoms. The lowest BCUT2D eigenvalue weighted by Crippen LogP contribution is -2.19. The zero-order chi connectivity index (χ0) is 29.2. The Labute approximate surface area is 242 Å². The van der Waals surface area contributed by atoms with Gasteiger partial charge < -0.3 is 25.7 Å². The molecule has 9 heteroatoms. The molecule has 2 heterocycles. The number of carbonyl (C=O) groups excluding carboxylic acids is 4. The number of anilines is 3. The first kappa shape index (κ1) is 27.0. The summed E-state index contributed by atoms with van der Waals surface area (Å²) in [5.74, 6) is -0.593. The van der Waals surface area contributed by atoms with Gasteiger partial charge in [-0.15, -0.1) is 0 Å². The number of aromatic nitrogens is 1. The SMILES string of the molecule is CCOC(=O)CCc1c(C=C2C(=O)Nc3ccc(NC(=O)Nc4cccc5ccccc45)cc32)[nH]c2c1C(=O)CCC2. The smallest absolute Gasteiger partial charge is 0.323 e. The van der Waals surface area contributed by atoms with Crippen molar-refractivity contribution in [2.45, 2.75) is 39.0 Å². The average molecular weight is 563 g/mol. The van der Waals surface area contributed by atoms with Crippen molar-refractivity contribution in [2.75, 3.05) is 22.6 Å². The number of hydrogen-bond acceptors (Lipinski definition) is 5. The first-order valence-corrected chi connectivity index (χ1v) is 14.1. The zero-order valence-corrected chi connectivity index (χ0v) is 23.1. The number of fused-ring (bicyclic) bond motifs is 3. The fourth-order valence-electron chi connectivity index (χ4n) is 5.71. The van der Waals surface area contributed by atoms with Gasteiger partial charge in [0.15, 0.2) is 5.78 Å². The fraction of sp³-hybridized carbons (Fsp3) is 0.212. The molecule has 1 aliphatic heterocycles. The average Bonchev–Trinajstić information content (AvgIpc) is 3.49. The Bertz CT molecular complexity index is 1780. The normalized spacial score (nSPS) is 14.8. The summed E-state index contributed by atoms with van der Waals surface area (Å²) in [5, 5.41) is 10.6. The molecule has 3 amide bonds. The number of aromatic amines is 1. The van der Waals surface area contributed by atoms with Crippen molar-refractivity contribution in [3.8, 4) is 0 Å². The molecule has 0 unspecified atom stereocenters. The van der Waals surface area contributed by atoms with E-state index in [1.54, 1.807) is 31.2 Å². The number of amides is 3. The number of carbonyl (C=O) groups is 4. The third-order valence-electron chi connectivity index (χ3n) is 7.60. The van der Waals surface area contributed by atoms with Crippen LogP contribution in [0, 0.1) is 0 Å². The summed E-state index contributed by atoms with van der Waals surface area (Å²) in [4.78, 5) is 54.3. The lowest BCUT2D eigenvalue weighted by molar-refractivity contribution is -0.143. The van der Waals surface area contributed by atoms with Crippen LogP contribution in [-0.4, -0.2) is 35.3 Å². The van der Waals surface area contributed by atoms with Crippen LogP contribution in [0.5, 0.6) is 0 Å². The van der Waals surface area contributed by atoms with Crippen LogP contribution in [0.15, 0.2) is 60.7 Å². The van der Waals surface area contributed by atoms with E-state index in [0.717, 1.165) is 34.9 Å². The van der Waals surface area contributed by atoms with Gasteiger partial charge in [0.05, 0.1) is 17.9 Å². The molecule has 3 aromatic carbocycles. The minimum Gasteiger partial charge on any atom is -0.466 e. The standard InChI is InChI=1S/C33H30N4O5/c1-2-42-30(39)16-14-22-28(35-27-11-6-12-29(38)31(22)27)18-24-23-17-20(13-15-26(23)36-32(24)40)34-33(41)37-25-10-5-8-19-7-3-4-9-21(19)25/h3-5,7-10,13,15,17-18,35H,2,6,11-12,14,16H2,1H3,(H,36,40)(H2,34,37,41). The summed E-state index contributed by atoms with van der Waals surface area (Å²) < 4.78 is 5.10. The summed E-state index contributed by atoms with van der Waals surface area (Å²) in [6, 6.07) is 18.3. The minimum absolute atomic E-state index is 0.0379. The first-order valence-electron chi connectivity index (χ1n) is 14.1. The molecule has 4 N–H and O–H groups in total. The van der Waals surface area contributed by atoms with Gasteiger partial charge in [0.2, 0.25) is 0 Å². The number of nitrogens with one attached hydrogen (secondary N) is 4. The maximum Gasteiger partial charge on any atom is 0.323 e. The summed E-state index contributed by atoms with van der Waals surface area (Å²) in [5.41, 5.74) is 5.64. The Hall–Kier alpha value is -5.18. The van der Waals surface area contributed by atoms with Crippen LogP contribution in [-0.2, 0) is 27.2 Å². The molecular weight excluding hydrogens is 532 g/mol. The van der Waals surface area contributed by atoms with E-state index >= 15 is 0 Å². The lowest BCUT2D eigenvalue weighted by atomic mass is 9.91. The topological polar surface area (TPSA) is 129 Å². The van der Waals surface area contributed by atoms with Crippen LogP contribution in [0.3, 0.4) is 0 Å². The third kappa shape index (κ3) is 5.28. The van der Waals surface area contributed by atoms with Gasteiger partial charge in [-0.1, -0.05) is 36.4 Å². The van der Waals surface area contributed by atoms with Gasteiger partial charge in [0, 0.05) is 52.1 Å². The lowest BCUT2D eigenvalue weighted by Gasteiger charge is -2.12. The monoisotopic (exact) mass is 562 g/mol. The van der Waals surface area contributed by atoms with E-state index in [9.17, 15) is 19.2 Å². The van der Waals surface area contributed by atoms with E-state index in [1.807, 2.05) is 42.5 Å². The second-order valence-electron chi connectivity index (χ2n) is 10.3. The van der Waals surface area contributed by atoms with Crippen LogP contribution >= 0.6 is 0 Å².